The first-order valence-electron chi connectivity index (χ1n) is 8.83. The Kier molecular flexibility index (Phi) is 5.41. The van der Waals surface area contributed by atoms with Gasteiger partial charge in [0.25, 0.3) is 5.91 Å². The maximum Gasteiger partial charge on any atom is 0.335 e. The Morgan fingerprint density at radius 1 is 1.10 bits per heavy atom. The average molecular weight is 408 g/mol. The van der Waals surface area contributed by atoms with Gasteiger partial charge >= 0.3 is 12.0 Å². The molecule has 2 heterocycles. The van der Waals surface area contributed by atoms with Crippen LogP contribution in [0.4, 0.5) is 4.79 Å². The number of nitrogens with zero attached hydrogens (tertiary/aromatic N) is 1. The highest BCUT2D eigenvalue weighted by atomic mass is 16.6. The molecule has 2 aliphatic heterocycles. The van der Waals surface area contributed by atoms with Crippen LogP contribution in [0.1, 0.15) is 18.9 Å². The minimum absolute atomic E-state index is 0.0538. The third-order valence-corrected chi connectivity index (χ3v) is 5.29. The van der Waals surface area contributed by atoms with Crippen LogP contribution in [0.15, 0.2) is 30.3 Å². The monoisotopic (exact) mass is 408 g/mol. The van der Waals surface area contributed by atoms with E-state index in [1.807, 2.05) is 5.32 Å². The SMILES string of the molecule is CCC1(c2ccccc2)C(=O)NC(=O)N(C2O[C@H](C(=O)O)[C@@H](O)[C@H](O)[C@H]2O)C1=O. The van der Waals surface area contributed by atoms with E-state index in [1.54, 1.807) is 25.1 Å². The molecular formula is C18H20N2O9. The van der Waals surface area contributed by atoms with E-state index < -0.39 is 59.9 Å². The highest BCUT2D eigenvalue weighted by Gasteiger charge is 2.59. The second-order valence-electron chi connectivity index (χ2n) is 6.82. The summed E-state index contributed by atoms with van der Waals surface area (Å²) in [4.78, 5) is 50.2. The van der Waals surface area contributed by atoms with Gasteiger partial charge in [0.05, 0.1) is 0 Å². The zero-order valence-electron chi connectivity index (χ0n) is 15.3. The van der Waals surface area contributed by atoms with Crippen LogP contribution >= 0.6 is 0 Å². The molecule has 0 bridgehead atoms. The molecule has 0 aromatic heterocycles. The van der Waals surface area contributed by atoms with E-state index in [-0.39, 0.29) is 12.0 Å². The third-order valence-electron chi connectivity index (χ3n) is 5.29. The van der Waals surface area contributed by atoms with Gasteiger partial charge in [-0.1, -0.05) is 37.3 Å². The largest absolute Gasteiger partial charge is 0.479 e. The lowest BCUT2D eigenvalue weighted by molar-refractivity contribution is -0.252. The molecule has 2 unspecified atom stereocenters. The molecule has 2 fully saturated rings. The zero-order chi connectivity index (χ0) is 21.5. The molecule has 6 atom stereocenters. The lowest BCUT2D eigenvalue weighted by Crippen LogP contribution is -2.73. The molecule has 1 aromatic carbocycles. The van der Waals surface area contributed by atoms with Crippen LogP contribution in [0, 0.1) is 0 Å². The predicted octanol–water partition coefficient (Wildman–Crippen LogP) is -1.69. The topological polar surface area (TPSA) is 174 Å². The molecule has 1 aromatic rings. The normalized spacial score (nSPS) is 35.4. The van der Waals surface area contributed by atoms with Crippen LogP contribution in [-0.4, -0.2) is 79.8 Å². The fourth-order valence-electron chi connectivity index (χ4n) is 3.66. The summed E-state index contributed by atoms with van der Waals surface area (Å²) in [6.45, 7) is 1.55. The van der Waals surface area contributed by atoms with E-state index in [0.717, 1.165) is 0 Å². The first-order chi connectivity index (χ1) is 13.7. The molecule has 2 saturated heterocycles. The van der Waals surface area contributed by atoms with Gasteiger partial charge in [0.1, 0.15) is 18.3 Å². The van der Waals surface area contributed by atoms with Crippen molar-refractivity contribution < 1.29 is 44.3 Å². The van der Waals surface area contributed by atoms with E-state index in [4.69, 9.17) is 4.74 Å². The van der Waals surface area contributed by atoms with Gasteiger partial charge in [-0.15, -0.1) is 0 Å². The molecule has 156 valence electrons. The van der Waals surface area contributed by atoms with Gasteiger partial charge < -0.3 is 25.2 Å². The second-order valence-corrected chi connectivity index (χ2v) is 6.82. The van der Waals surface area contributed by atoms with Gasteiger partial charge in [0, 0.05) is 0 Å². The van der Waals surface area contributed by atoms with E-state index in [1.165, 1.54) is 12.1 Å². The summed E-state index contributed by atoms with van der Waals surface area (Å²) in [5, 5.41) is 41.4. The van der Waals surface area contributed by atoms with Crippen LogP contribution < -0.4 is 5.32 Å². The number of carboxylic acids is 1. The van der Waals surface area contributed by atoms with Crippen molar-refractivity contribution in [1.82, 2.24) is 10.2 Å². The van der Waals surface area contributed by atoms with Crippen molar-refractivity contribution in [2.75, 3.05) is 0 Å². The highest BCUT2D eigenvalue weighted by Crippen LogP contribution is 2.36. The number of ether oxygens (including phenoxy) is 1. The molecule has 11 heteroatoms. The Hall–Kier alpha value is -2.86. The number of rotatable bonds is 4. The maximum absolute atomic E-state index is 13.4. The average Bonchev–Trinajstić information content (AvgIpc) is 2.69. The van der Waals surface area contributed by atoms with E-state index in [2.05, 4.69) is 0 Å². The third kappa shape index (κ3) is 3.08. The second kappa shape index (κ2) is 7.52. The van der Waals surface area contributed by atoms with E-state index in [9.17, 15) is 39.6 Å². The van der Waals surface area contributed by atoms with Crippen LogP contribution in [0.25, 0.3) is 0 Å². The molecule has 5 N–H and O–H groups in total. The maximum atomic E-state index is 13.4. The van der Waals surface area contributed by atoms with Crippen molar-refractivity contribution in [2.24, 2.45) is 0 Å². The number of imide groups is 2. The number of carboxylic acid groups (broad SMARTS) is 1. The summed E-state index contributed by atoms with van der Waals surface area (Å²) in [7, 11) is 0. The Morgan fingerprint density at radius 2 is 1.72 bits per heavy atom. The van der Waals surface area contributed by atoms with Crippen molar-refractivity contribution in [1.29, 1.82) is 0 Å². The minimum Gasteiger partial charge on any atom is -0.479 e. The Bertz CT molecular complexity index is 845. The van der Waals surface area contributed by atoms with Gasteiger partial charge in [-0.05, 0) is 12.0 Å². The first kappa shape index (κ1) is 20.9. The molecule has 0 saturated carbocycles. The van der Waals surface area contributed by atoms with E-state index >= 15 is 0 Å². The Labute approximate surface area is 164 Å². The number of amides is 4. The molecule has 4 amide bonds. The minimum atomic E-state index is -2.01. The number of aliphatic hydroxyl groups is 3. The zero-order valence-corrected chi connectivity index (χ0v) is 15.3. The Morgan fingerprint density at radius 3 is 2.28 bits per heavy atom. The molecule has 29 heavy (non-hydrogen) atoms. The van der Waals surface area contributed by atoms with Crippen LogP contribution in [-0.2, 0) is 24.5 Å². The number of urea groups is 1. The van der Waals surface area contributed by atoms with Crippen molar-refractivity contribution in [2.45, 2.75) is 49.4 Å². The lowest BCUT2D eigenvalue weighted by atomic mass is 9.74. The number of aliphatic carboxylic acids is 1. The molecule has 3 rings (SSSR count). The predicted molar refractivity (Wildman–Crippen MR) is 93.1 cm³/mol. The quantitative estimate of drug-likeness (QED) is 0.364. The van der Waals surface area contributed by atoms with Crippen LogP contribution in [0.5, 0.6) is 0 Å². The van der Waals surface area contributed by atoms with Gasteiger partial charge in [-0.25, -0.2) is 14.5 Å². The summed E-state index contributed by atoms with van der Waals surface area (Å²) in [5.41, 5.74) is -1.55. The van der Waals surface area contributed by atoms with Gasteiger partial charge in [0.15, 0.2) is 17.7 Å². The van der Waals surface area contributed by atoms with Gasteiger partial charge in [-0.3, -0.25) is 14.9 Å². The first-order valence-corrected chi connectivity index (χ1v) is 8.83. The molecule has 0 aliphatic carbocycles. The molecule has 0 spiro atoms. The fraction of sp³-hybridized carbons (Fsp3) is 0.444. The number of carbonyl (C=O) groups excluding carboxylic acids is 3. The lowest BCUT2D eigenvalue weighted by Gasteiger charge is -2.47. The number of carbonyl (C=O) groups is 4. The summed E-state index contributed by atoms with van der Waals surface area (Å²) in [5.74, 6) is -3.59. The number of benzene rings is 1. The molecule has 0 radical (unpaired) electrons. The number of hydrogen-bond donors (Lipinski definition) is 5. The van der Waals surface area contributed by atoms with Gasteiger partial charge in [0.2, 0.25) is 5.91 Å². The van der Waals surface area contributed by atoms with Crippen molar-refractivity contribution >= 4 is 23.8 Å². The standard InChI is InChI=1S/C18H20N2O9/c1-2-18(8-6-4-3-5-7-8)15(26)19-17(28)20(16(18)27)13-11(23)9(21)10(22)12(29-13)14(24)25/h3-7,9-13,21-23H,2H2,1H3,(H,24,25)(H,19,26,28)/t9-,10-,11+,12-,13?,18?/m0/s1. The van der Waals surface area contributed by atoms with Crippen molar-refractivity contribution in [3.63, 3.8) is 0 Å². The molecule has 11 nitrogen and oxygen atoms in total. The van der Waals surface area contributed by atoms with Crippen LogP contribution in [0.3, 0.4) is 0 Å². The number of aliphatic hydroxyl groups excluding tert-OH is 3. The smallest absolute Gasteiger partial charge is 0.335 e. The van der Waals surface area contributed by atoms with Gasteiger partial charge in [-0.2, -0.15) is 0 Å². The van der Waals surface area contributed by atoms with Crippen molar-refractivity contribution in [3.8, 4) is 0 Å². The summed E-state index contributed by atoms with van der Waals surface area (Å²) < 4.78 is 5.11. The highest BCUT2D eigenvalue weighted by molar-refractivity contribution is 6.23. The Balaban J connectivity index is 2.07. The van der Waals surface area contributed by atoms with Crippen LogP contribution in [0.2, 0.25) is 0 Å². The summed E-state index contributed by atoms with van der Waals surface area (Å²) in [6.07, 6.45) is -10.0. The number of nitrogens with one attached hydrogen (secondary N) is 1. The summed E-state index contributed by atoms with van der Waals surface area (Å²) >= 11 is 0. The molecular weight excluding hydrogens is 388 g/mol. The summed E-state index contributed by atoms with van der Waals surface area (Å²) in [6, 6.07) is 6.67. The fourth-order valence-corrected chi connectivity index (χ4v) is 3.66. The van der Waals surface area contributed by atoms with Crippen molar-refractivity contribution in [3.05, 3.63) is 35.9 Å². The molecule has 2 aliphatic rings. The van der Waals surface area contributed by atoms with E-state index in [0.29, 0.717) is 4.90 Å². The number of hydrogen-bond acceptors (Lipinski definition) is 8. The number of barbiturate groups is 1.